The zero-order valence-corrected chi connectivity index (χ0v) is 31.9. The van der Waals surface area contributed by atoms with Crippen LogP contribution < -0.4 is 20.7 Å². The molecule has 3 N–H and O–H groups in total. The number of anilines is 2. The number of nitrogens with zero attached hydrogens (tertiary/aromatic N) is 1. The largest absolute Gasteiger partial charge is 0.496 e. The van der Waals surface area contributed by atoms with Gasteiger partial charge >= 0.3 is 0 Å². The van der Waals surface area contributed by atoms with Gasteiger partial charge in [-0.15, -0.1) is 23.1 Å². The first-order chi connectivity index (χ1) is 27.4. The summed E-state index contributed by atoms with van der Waals surface area (Å²) in [5.74, 6) is -0.413. The highest BCUT2D eigenvalue weighted by atomic mass is 32.2. The van der Waals surface area contributed by atoms with Gasteiger partial charge in [-0.25, -0.2) is 4.98 Å². The molecule has 0 fully saturated rings. The van der Waals surface area contributed by atoms with Crippen LogP contribution >= 0.6 is 23.1 Å². The number of aromatic nitrogens is 1. The maximum atomic E-state index is 13.8. The Morgan fingerprint density at radius 3 is 2.02 bits per heavy atom. The first-order valence-electron chi connectivity index (χ1n) is 17.7. The fourth-order valence-electron chi connectivity index (χ4n) is 5.85. The second-order valence-electron chi connectivity index (χ2n) is 12.5. The van der Waals surface area contributed by atoms with E-state index in [1.165, 1.54) is 23.1 Å². The average Bonchev–Trinajstić information content (AvgIpc) is 3.72. The summed E-state index contributed by atoms with van der Waals surface area (Å²) in [5, 5.41) is 10.5. The van der Waals surface area contributed by atoms with Crippen LogP contribution in [-0.2, 0) is 9.59 Å². The van der Waals surface area contributed by atoms with Gasteiger partial charge < -0.3 is 20.7 Å². The molecule has 1 heterocycles. The van der Waals surface area contributed by atoms with Crippen LogP contribution in [0.2, 0.25) is 0 Å². The maximum absolute atomic E-state index is 13.8. The molecule has 0 radical (unpaired) electrons. The molecule has 3 amide bonds. The van der Waals surface area contributed by atoms with Gasteiger partial charge in [-0.1, -0.05) is 115 Å². The number of para-hydroxylation sites is 1. The highest BCUT2D eigenvalue weighted by molar-refractivity contribution is 8.00. The van der Waals surface area contributed by atoms with Crippen molar-refractivity contribution in [3.63, 3.8) is 0 Å². The number of methoxy groups -OCH3 is 1. The summed E-state index contributed by atoms with van der Waals surface area (Å²) in [6.45, 7) is 0. The summed E-state index contributed by atoms with van der Waals surface area (Å²) in [6.07, 6.45) is 1.65. The summed E-state index contributed by atoms with van der Waals surface area (Å²) in [7, 11) is 1.62. The van der Waals surface area contributed by atoms with E-state index in [-0.39, 0.29) is 11.6 Å². The van der Waals surface area contributed by atoms with E-state index < -0.39 is 17.1 Å². The van der Waals surface area contributed by atoms with Gasteiger partial charge in [0.1, 0.15) is 16.7 Å². The van der Waals surface area contributed by atoms with Crippen LogP contribution in [-0.4, -0.2) is 29.8 Å². The number of benzene rings is 6. The quantitative estimate of drug-likeness (QED) is 0.0795. The van der Waals surface area contributed by atoms with Crippen molar-refractivity contribution in [1.82, 2.24) is 10.3 Å². The van der Waals surface area contributed by atoms with Crippen molar-refractivity contribution in [2.75, 3.05) is 17.7 Å². The molecule has 0 bridgehead atoms. The average molecular weight is 773 g/mol. The molecule has 1 unspecified atom stereocenters. The van der Waals surface area contributed by atoms with E-state index in [2.05, 4.69) is 20.9 Å². The van der Waals surface area contributed by atoms with Gasteiger partial charge in [0.05, 0.1) is 12.8 Å². The molecule has 0 aliphatic rings. The summed E-state index contributed by atoms with van der Waals surface area (Å²) < 4.78 is 5.50. The molecule has 0 aliphatic carbocycles. The van der Waals surface area contributed by atoms with Crippen LogP contribution in [0.5, 0.6) is 5.75 Å². The zero-order valence-electron chi connectivity index (χ0n) is 30.2. The fourth-order valence-corrected chi connectivity index (χ4v) is 7.58. The Bertz CT molecular complexity index is 2450. The topological polar surface area (TPSA) is 109 Å². The van der Waals surface area contributed by atoms with Gasteiger partial charge in [-0.2, -0.15) is 0 Å². The van der Waals surface area contributed by atoms with E-state index in [1.807, 2.05) is 133 Å². The van der Waals surface area contributed by atoms with E-state index >= 15 is 0 Å². The molecule has 0 saturated heterocycles. The third kappa shape index (κ3) is 9.48. The Hall–Kier alpha value is -6.75. The van der Waals surface area contributed by atoms with Gasteiger partial charge in [0.15, 0.2) is 5.13 Å². The van der Waals surface area contributed by atoms with Gasteiger partial charge in [0, 0.05) is 27.1 Å². The van der Waals surface area contributed by atoms with Crippen LogP contribution in [0.3, 0.4) is 0 Å². The minimum absolute atomic E-state index is 0.0848. The predicted molar refractivity (Wildman–Crippen MR) is 227 cm³/mol. The third-order valence-corrected chi connectivity index (χ3v) is 10.7. The van der Waals surface area contributed by atoms with Gasteiger partial charge in [-0.3, -0.25) is 14.4 Å². The second-order valence-corrected chi connectivity index (χ2v) is 14.5. The van der Waals surface area contributed by atoms with Crippen molar-refractivity contribution < 1.29 is 19.1 Å². The number of thiazole rings is 1. The van der Waals surface area contributed by atoms with E-state index in [0.29, 0.717) is 27.8 Å². The molecule has 7 aromatic rings. The number of amides is 3. The lowest BCUT2D eigenvalue weighted by Gasteiger charge is -2.17. The minimum Gasteiger partial charge on any atom is -0.496 e. The van der Waals surface area contributed by atoms with E-state index in [1.54, 1.807) is 49.6 Å². The number of hydrogen-bond acceptors (Lipinski definition) is 7. The fraction of sp³-hybridized carbons (Fsp3) is 0.0435. The van der Waals surface area contributed by atoms with Crippen LogP contribution in [0.15, 0.2) is 180 Å². The molecule has 10 heteroatoms. The smallest absolute Gasteiger partial charge is 0.272 e. The molecule has 6 aromatic carbocycles. The Morgan fingerprint density at radius 2 is 1.32 bits per heavy atom. The Morgan fingerprint density at radius 1 is 0.696 bits per heavy atom. The standard InChI is InChI=1S/C46H36N4O4S2/c1-54-41-20-12-11-19-38(41)40-30-55-46(49-40)50-45(53)42(34-15-7-3-8-16-34)56-37-27-25-36(26-28-37)47-44(52)39(48-43(51)35-17-9-4-10-18-35)29-31-21-23-33(24-22-31)32-13-5-2-6-14-32/h2-30,42H,1H3,(H,47,52)(H,48,51)(H,49,50,53)/b39-29-. The highest BCUT2D eigenvalue weighted by Gasteiger charge is 2.24. The lowest BCUT2D eigenvalue weighted by Crippen LogP contribution is -2.30. The van der Waals surface area contributed by atoms with E-state index in [9.17, 15) is 14.4 Å². The Balaban J connectivity index is 1.07. The number of carbonyl (C=O) groups excluding carboxylic acids is 3. The molecule has 7 rings (SSSR count). The third-order valence-electron chi connectivity index (χ3n) is 8.68. The number of nitrogens with one attached hydrogen (secondary N) is 3. The summed E-state index contributed by atoms with van der Waals surface area (Å²) in [5.41, 5.74) is 6.27. The van der Waals surface area contributed by atoms with Crippen molar-refractivity contribution in [3.05, 3.63) is 192 Å². The number of thioether (sulfide) groups is 1. The Kier molecular flexibility index (Phi) is 12.1. The monoisotopic (exact) mass is 772 g/mol. The molecule has 56 heavy (non-hydrogen) atoms. The SMILES string of the molecule is COc1ccccc1-c1csc(NC(=O)C(Sc2ccc(NC(=O)/C(=C/c3ccc(-c4ccccc4)cc3)NC(=O)c3ccccc3)cc2)c2ccccc2)n1. The van der Waals surface area contributed by atoms with Gasteiger partial charge in [0.25, 0.3) is 11.8 Å². The first kappa shape index (κ1) is 37.6. The lowest BCUT2D eigenvalue weighted by atomic mass is 10.0. The molecule has 0 saturated carbocycles. The zero-order chi connectivity index (χ0) is 38.7. The van der Waals surface area contributed by atoms with Crippen LogP contribution in [0.1, 0.15) is 26.7 Å². The molecule has 0 aliphatic heterocycles. The first-order valence-corrected chi connectivity index (χ1v) is 19.5. The molecule has 8 nitrogen and oxygen atoms in total. The Labute approximate surface area is 333 Å². The molecule has 0 spiro atoms. The minimum atomic E-state index is -0.591. The second kappa shape index (κ2) is 18.1. The number of hydrogen-bond donors (Lipinski definition) is 3. The predicted octanol–water partition coefficient (Wildman–Crippen LogP) is 10.4. The van der Waals surface area contributed by atoms with Crippen molar-refractivity contribution >= 4 is 57.7 Å². The lowest BCUT2D eigenvalue weighted by molar-refractivity contribution is -0.116. The van der Waals surface area contributed by atoms with Crippen LogP contribution in [0.4, 0.5) is 10.8 Å². The summed E-state index contributed by atoms with van der Waals surface area (Å²) in [6, 6.07) is 50.9. The molecule has 1 aromatic heterocycles. The van der Waals surface area contributed by atoms with Crippen molar-refractivity contribution in [3.8, 4) is 28.1 Å². The highest BCUT2D eigenvalue weighted by Crippen LogP contribution is 2.38. The van der Waals surface area contributed by atoms with Crippen molar-refractivity contribution in [2.24, 2.45) is 0 Å². The maximum Gasteiger partial charge on any atom is 0.272 e. The van der Waals surface area contributed by atoms with E-state index in [0.717, 1.165) is 32.7 Å². The molecular formula is C46H36N4O4S2. The van der Waals surface area contributed by atoms with Gasteiger partial charge in [0.2, 0.25) is 5.91 Å². The number of carbonyl (C=O) groups is 3. The van der Waals surface area contributed by atoms with Crippen LogP contribution in [0.25, 0.3) is 28.5 Å². The van der Waals surface area contributed by atoms with Crippen LogP contribution in [0, 0.1) is 0 Å². The van der Waals surface area contributed by atoms with E-state index in [4.69, 9.17) is 4.74 Å². The number of rotatable bonds is 13. The summed E-state index contributed by atoms with van der Waals surface area (Å²) in [4.78, 5) is 46.2. The normalized spacial score (nSPS) is 11.6. The van der Waals surface area contributed by atoms with Gasteiger partial charge in [-0.05, 0) is 76.9 Å². The molecular weight excluding hydrogens is 737 g/mol. The molecule has 276 valence electrons. The summed E-state index contributed by atoms with van der Waals surface area (Å²) >= 11 is 2.73. The number of ether oxygens (including phenoxy) is 1. The van der Waals surface area contributed by atoms with Crippen molar-refractivity contribution in [1.29, 1.82) is 0 Å². The van der Waals surface area contributed by atoms with Crippen molar-refractivity contribution in [2.45, 2.75) is 10.1 Å². The molecule has 1 atom stereocenters.